The minimum Gasteiger partial charge on any atom is -0.492 e. The molecule has 0 amide bonds. The molecule has 0 spiro atoms. The molecule has 0 unspecified atom stereocenters. The highest BCUT2D eigenvalue weighted by molar-refractivity contribution is 6.32. The molecule has 1 heterocycles. The van der Waals surface area contributed by atoms with Gasteiger partial charge >= 0.3 is 0 Å². The van der Waals surface area contributed by atoms with E-state index in [0.29, 0.717) is 23.1 Å². The third-order valence-electron chi connectivity index (χ3n) is 2.29. The molecule has 0 saturated heterocycles. The summed E-state index contributed by atoms with van der Waals surface area (Å²) in [5.41, 5.74) is 0.586. The van der Waals surface area contributed by atoms with E-state index in [-0.39, 0.29) is 11.2 Å². The lowest BCUT2D eigenvalue weighted by Crippen LogP contribution is -2.11. The van der Waals surface area contributed by atoms with Gasteiger partial charge in [0.25, 0.3) is 0 Å². The van der Waals surface area contributed by atoms with Gasteiger partial charge in [0.15, 0.2) is 5.78 Å². The fourth-order valence-electron chi connectivity index (χ4n) is 1.19. The van der Waals surface area contributed by atoms with Crippen LogP contribution in [0.1, 0.15) is 44.6 Å². The number of Topliss-reactive ketones (excluding diaryl/α,β-unsaturated/α-hetero) is 1. The van der Waals surface area contributed by atoms with Gasteiger partial charge in [-0.05, 0) is 11.8 Å². The molecule has 1 rings (SSSR count). The van der Waals surface area contributed by atoms with Crippen molar-refractivity contribution in [2.45, 2.75) is 34.1 Å². The van der Waals surface area contributed by atoms with Crippen molar-refractivity contribution in [2.24, 2.45) is 5.41 Å². The molecule has 94 valence electrons. The Hall–Kier alpha value is -1.09. The quantitative estimate of drug-likeness (QED) is 0.769. The molecule has 0 atom stereocenters. The molecule has 0 aliphatic rings. The lowest BCUT2D eigenvalue weighted by molar-refractivity contribution is 0.101. The van der Waals surface area contributed by atoms with Crippen LogP contribution in [0.2, 0.25) is 5.02 Å². The van der Waals surface area contributed by atoms with Gasteiger partial charge in [0, 0.05) is 13.0 Å². The average Bonchev–Trinajstić information content (AvgIpc) is 2.18. The number of carbonyl (C=O) groups is 1. The van der Waals surface area contributed by atoms with Crippen molar-refractivity contribution >= 4 is 17.4 Å². The molecule has 0 aliphatic heterocycles. The van der Waals surface area contributed by atoms with Crippen molar-refractivity contribution in [1.29, 1.82) is 0 Å². The maximum Gasteiger partial charge on any atom is 0.178 e. The Balaban J connectivity index is 2.70. The van der Waals surface area contributed by atoms with Gasteiger partial charge in [0.05, 0.1) is 12.8 Å². The van der Waals surface area contributed by atoms with Crippen molar-refractivity contribution in [2.75, 3.05) is 6.61 Å². The van der Waals surface area contributed by atoms with Gasteiger partial charge in [0.2, 0.25) is 0 Å². The predicted molar refractivity (Wildman–Crippen MR) is 68.8 cm³/mol. The normalized spacial score (nSPS) is 11.4. The second-order valence-corrected chi connectivity index (χ2v) is 5.62. The van der Waals surface area contributed by atoms with E-state index in [1.54, 1.807) is 6.07 Å². The second kappa shape index (κ2) is 5.50. The average molecular weight is 256 g/mol. The lowest BCUT2D eigenvalue weighted by Gasteiger charge is -2.18. The molecule has 1 aromatic heterocycles. The summed E-state index contributed by atoms with van der Waals surface area (Å²) in [4.78, 5) is 15.1. The minimum absolute atomic E-state index is 0.0951. The molecule has 0 saturated carbocycles. The first kappa shape index (κ1) is 14.0. The summed E-state index contributed by atoms with van der Waals surface area (Å²) in [6, 6.07) is 1.59. The van der Waals surface area contributed by atoms with Crippen molar-refractivity contribution in [1.82, 2.24) is 4.98 Å². The first-order valence-corrected chi connectivity index (χ1v) is 5.97. The SMILES string of the molecule is CC(=O)c1cc(OCCC(C)(C)C)c(Cl)cn1. The number of pyridine rings is 1. The van der Waals surface area contributed by atoms with E-state index >= 15 is 0 Å². The molecule has 0 N–H and O–H groups in total. The standard InChI is InChI=1S/C13H18ClNO2/c1-9(16)11-7-12(10(14)8-15-11)17-6-5-13(2,3)4/h7-8H,5-6H2,1-4H3. The van der Waals surface area contributed by atoms with Crippen molar-refractivity contribution < 1.29 is 9.53 Å². The smallest absolute Gasteiger partial charge is 0.178 e. The van der Waals surface area contributed by atoms with Gasteiger partial charge in [0.1, 0.15) is 16.5 Å². The molecule has 0 aromatic carbocycles. The summed E-state index contributed by atoms with van der Waals surface area (Å²) in [6.45, 7) is 8.47. The number of ketones is 1. The van der Waals surface area contributed by atoms with E-state index in [1.807, 2.05) is 0 Å². The Morgan fingerprint density at radius 3 is 2.65 bits per heavy atom. The number of ether oxygens (including phenoxy) is 1. The van der Waals surface area contributed by atoms with Gasteiger partial charge in [-0.15, -0.1) is 0 Å². The van der Waals surface area contributed by atoms with E-state index in [9.17, 15) is 4.79 Å². The number of aromatic nitrogens is 1. The van der Waals surface area contributed by atoms with E-state index in [1.165, 1.54) is 13.1 Å². The van der Waals surface area contributed by atoms with Gasteiger partial charge < -0.3 is 4.74 Å². The van der Waals surface area contributed by atoms with Crippen LogP contribution in [0.15, 0.2) is 12.3 Å². The summed E-state index contributed by atoms with van der Waals surface area (Å²) in [5, 5.41) is 0.434. The van der Waals surface area contributed by atoms with Crippen LogP contribution in [-0.4, -0.2) is 17.4 Å². The molecule has 1 aromatic rings. The zero-order chi connectivity index (χ0) is 13.1. The second-order valence-electron chi connectivity index (χ2n) is 5.22. The lowest BCUT2D eigenvalue weighted by atomic mass is 9.93. The first-order chi connectivity index (χ1) is 7.79. The number of rotatable bonds is 4. The first-order valence-electron chi connectivity index (χ1n) is 5.59. The fraction of sp³-hybridized carbons (Fsp3) is 0.538. The van der Waals surface area contributed by atoms with Crippen LogP contribution in [-0.2, 0) is 0 Å². The van der Waals surface area contributed by atoms with Gasteiger partial charge in [-0.2, -0.15) is 0 Å². The summed E-state index contributed by atoms with van der Waals surface area (Å²) >= 11 is 5.95. The van der Waals surface area contributed by atoms with E-state index in [2.05, 4.69) is 25.8 Å². The van der Waals surface area contributed by atoms with Gasteiger partial charge in [-0.3, -0.25) is 9.78 Å². The Labute approximate surface area is 107 Å². The number of nitrogens with zero attached hydrogens (tertiary/aromatic N) is 1. The maximum atomic E-state index is 11.2. The Morgan fingerprint density at radius 2 is 2.12 bits per heavy atom. The highest BCUT2D eigenvalue weighted by Gasteiger charge is 2.12. The molecule has 0 fully saturated rings. The number of hydrogen-bond acceptors (Lipinski definition) is 3. The summed E-state index contributed by atoms with van der Waals surface area (Å²) < 4.78 is 5.58. The minimum atomic E-state index is -0.0951. The summed E-state index contributed by atoms with van der Waals surface area (Å²) in [6.07, 6.45) is 2.37. The van der Waals surface area contributed by atoms with Crippen LogP contribution < -0.4 is 4.74 Å². The van der Waals surface area contributed by atoms with Crippen molar-refractivity contribution in [3.05, 3.63) is 23.0 Å². The molecule has 0 aliphatic carbocycles. The van der Waals surface area contributed by atoms with Crippen LogP contribution in [0.3, 0.4) is 0 Å². The van der Waals surface area contributed by atoms with Crippen molar-refractivity contribution in [3.63, 3.8) is 0 Å². The molecule has 0 radical (unpaired) electrons. The molecule has 0 bridgehead atoms. The Bertz CT molecular complexity index is 410. The third-order valence-corrected chi connectivity index (χ3v) is 2.57. The topological polar surface area (TPSA) is 39.2 Å². The summed E-state index contributed by atoms with van der Waals surface area (Å²) in [5.74, 6) is 0.429. The third kappa shape index (κ3) is 4.73. The van der Waals surface area contributed by atoms with E-state index in [0.717, 1.165) is 6.42 Å². The largest absolute Gasteiger partial charge is 0.492 e. The highest BCUT2D eigenvalue weighted by Crippen LogP contribution is 2.26. The molecule has 3 nitrogen and oxygen atoms in total. The monoisotopic (exact) mass is 255 g/mol. The fourth-order valence-corrected chi connectivity index (χ4v) is 1.35. The van der Waals surface area contributed by atoms with Gasteiger partial charge in [-0.1, -0.05) is 32.4 Å². The van der Waals surface area contributed by atoms with Gasteiger partial charge in [-0.25, -0.2) is 0 Å². The number of hydrogen-bond donors (Lipinski definition) is 0. The molecule has 17 heavy (non-hydrogen) atoms. The van der Waals surface area contributed by atoms with Crippen LogP contribution in [0.25, 0.3) is 0 Å². The number of carbonyl (C=O) groups excluding carboxylic acids is 1. The van der Waals surface area contributed by atoms with Crippen molar-refractivity contribution in [3.8, 4) is 5.75 Å². The maximum absolute atomic E-state index is 11.2. The van der Waals surface area contributed by atoms with Crippen LogP contribution in [0.4, 0.5) is 0 Å². The predicted octanol–water partition coefficient (Wildman–Crippen LogP) is 3.75. The molecule has 4 heteroatoms. The van der Waals surface area contributed by atoms with E-state index < -0.39 is 0 Å². The Morgan fingerprint density at radius 1 is 1.47 bits per heavy atom. The molecular formula is C13H18ClNO2. The highest BCUT2D eigenvalue weighted by atomic mass is 35.5. The molecular weight excluding hydrogens is 238 g/mol. The van der Waals surface area contributed by atoms with Crippen LogP contribution >= 0.6 is 11.6 Å². The zero-order valence-corrected chi connectivity index (χ0v) is 11.5. The number of halogens is 1. The van der Waals surface area contributed by atoms with E-state index in [4.69, 9.17) is 16.3 Å². The van der Waals surface area contributed by atoms with Crippen LogP contribution in [0, 0.1) is 5.41 Å². The Kier molecular flexibility index (Phi) is 4.52. The summed E-state index contributed by atoms with van der Waals surface area (Å²) in [7, 11) is 0. The van der Waals surface area contributed by atoms with Crippen LogP contribution in [0.5, 0.6) is 5.75 Å². The zero-order valence-electron chi connectivity index (χ0n) is 10.7.